The van der Waals surface area contributed by atoms with Crippen molar-refractivity contribution < 1.29 is 24.5 Å². The van der Waals surface area contributed by atoms with Gasteiger partial charge >= 0.3 is 11.9 Å². The summed E-state index contributed by atoms with van der Waals surface area (Å²) in [4.78, 5) is 31.2. The third-order valence-corrected chi connectivity index (χ3v) is 4.67. The molecule has 0 atom stereocenters. The molecule has 0 aliphatic heterocycles. The molecule has 0 fully saturated rings. The summed E-state index contributed by atoms with van der Waals surface area (Å²) in [5.74, 6) is -1.79. The van der Waals surface area contributed by atoms with E-state index in [4.69, 9.17) is 9.84 Å². The van der Waals surface area contributed by atoms with Gasteiger partial charge < -0.3 is 25.6 Å². The lowest BCUT2D eigenvalue weighted by atomic mass is 10.2. The number of carboxylic acids is 2. The minimum atomic E-state index is -1.46. The number of hydrogen-bond acceptors (Lipinski definition) is 7. The van der Waals surface area contributed by atoms with Crippen molar-refractivity contribution in [2.24, 2.45) is 4.99 Å². The normalized spacial score (nSPS) is 11.7. The predicted octanol–water partition coefficient (Wildman–Crippen LogP) is 2.82. The zero-order valence-corrected chi connectivity index (χ0v) is 17.7. The van der Waals surface area contributed by atoms with E-state index in [-0.39, 0.29) is 12.5 Å². The number of hydrogen-bond donors (Lipinski definition) is 4. The molecule has 1 aromatic heterocycles. The van der Waals surface area contributed by atoms with Gasteiger partial charge in [0, 0.05) is 22.7 Å². The SMILES string of the molecule is COc1ccccc1CN=C(N/C(=C\C(=O)O)C(=O)O)Nc1nc(-c2ccccc2)ns1. The summed E-state index contributed by atoms with van der Waals surface area (Å²) >= 11 is 1.05. The molecule has 3 aromatic rings. The second-order valence-corrected chi connectivity index (χ2v) is 6.97. The summed E-state index contributed by atoms with van der Waals surface area (Å²) < 4.78 is 9.59. The van der Waals surface area contributed by atoms with Gasteiger partial charge in [0.05, 0.1) is 19.7 Å². The smallest absolute Gasteiger partial charge is 0.352 e. The predicted molar refractivity (Wildman–Crippen MR) is 120 cm³/mol. The van der Waals surface area contributed by atoms with Crippen molar-refractivity contribution in [1.29, 1.82) is 0 Å². The first kappa shape index (κ1) is 22.4. The summed E-state index contributed by atoms with van der Waals surface area (Å²) in [7, 11) is 1.53. The average molecular weight is 453 g/mol. The topological polar surface area (TPSA) is 146 Å². The highest BCUT2D eigenvalue weighted by atomic mass is 32.1. The van der Waals surface area contributed by atoms with Crippen LogP contribution in [-0.4, -0.2) is 44.6 Å². The molecular weight excluding hydrogens is 434 g/mol. The van der Waals surface area contributed by atoms with E-state index in [1.54, 1.807) is 6.07 Å². The number of carboxylic acid groups (broad SMARTS) is 2. The quantitative estimate of drug-likeness (QED) is 0.230. The van der Waals surface area contributed by atoms with E-state index in [9.17, 15) is 14.7 Å². The van der Waals surface area contributed by atoms with Crippen molar-refractivity contribution in [3.8, 4) is 17.1 Å². The molecule has 3 rings (SSSR count). The molecule has 11 heteroatoms. The number of nitrogens with one attached hydrogen (secondary N) is 2. The van der Waals surface area contributed by atoms with Gasteiger partial charge in [-0.25, -0.2) is 14.6 Å². The van der Waals surface area contributed by atoms with Gasteiger partial charge in [0.1, 0.15) is 11.4 Å². The minimum absolute atomic E-state index is 0.0124. The van der Waals surface area contributed by atoms with Gasteiger partial charge in [-0.3, -0.25) is 0 Å². The van der Waals surface area contributed by atoms with Gasteiger partial charge in [0.25, 0.3) is 0 Å². The Kier molecular flexibility index (Phi) is 7.49. The number of guanidine groups is 1. The van der Waals surface area contributed by atoms with Gasteiger partial charge in [-0.15, -0.1) is 0 Å². The fraction of sp³-hybridized carbons (Fsp3) is 0.0952. The zero-order valence-electron chi connectivity index (χ0n) is 16.8. The van der Waals surface area contributed by atoms with Crippen LogP contribution in [0.4, 0.5) is 5.13 Å². The molecule has 4 N–H and O–H groups in total. The second-order valence-electron chi connectivity index (χ2n) is 6.22. The maximum Gasteiger partial charge on any atom is 0.352 e. The van der Waals surface area contributed by atoms with E-state index in [2.05, 4.69) is 25.0 Å². The number of para-hydroxylation sites is 1. The maximum absolute atomic E-state index is 11.5. The Morgan fingerprint density at radius 2 is 1.84 bits per heavy atom. The molecule has 10 nitrogen and oxygen atoms in total. The molecular formula is C21H19N5O5S. The molecule has 0 bridgehead atoms. The Balaban J connectivity index is 1.88. The summed E-state index contributed by atoms with van der Waals surface area (Å²) in [6.45, 7) is 0.129. The van der Waals surface area contributed by atoms with E-state index in [0.29, 0.717) is 22.8 Å². The summed E-state index contributed by atoms with van der Waals surface area (Å²) in [6, 6.07) is 16.5. The van der Waals surface area contributed by atoms with Crippen molar-refractivity contribution >= 4 is 34.6 Å². The Labute approximate surface area is 187 Å². The first-order valence-corrected chi connectivity index (χ1v) is 10.0. The Morgan fingerprint density at radius 1 is 1.12 bits per heavy atom. The Morgan fingerprint density at radius 3 is 2.53 bits per heavy atom. The molecule has 0 saturated heterocycles. The monoisotopic (exact) mass is 453 g/mol. The molecule has 164 valence electrons. The lowest BCUT2D eigenvalue weighted by molar-refractivity contribution is -0.135. The number of rotatable bonds is 8. The van der Waals surface area contributed by atoms with Crippen molar-refractivity contribution in [3.63, 3.8) is 0 Å². The Bertz CT molecular complexity index is 1160. The number of carbonyl (C=O) groups is 2. The Hall–Kier alpha value is -4.25. The van der Waals surface area contributed by atoms with Crippen molar-refractivity contribution in [2.45, 2.75) is 6.54 Å². The number of aromatic nitrogens is 2. The highest BCUT2D eigenvalue weighted by Gasteiger charge is 2.15. The number of methoxy groups -OCH3 is 1. The van der Waals surface area contributed by atoms with Crippen LogP contribution in [0.2, 0.25) is 0 Å². The summed E-state index contributed by atoms with van der Waals surface area (Å²) in [6.07, 6.45) is 0.540. The first-order valence-electron chi connectivity index (χ1n) is 9.23. The zero-order chi connectivity index (χ0) is 22.9. The van der Waals surface area contributed by atoms with E-state index in [1.165, 1.54) is 7.11 Å². The number of nitrogens with zero attached hydrogens (tertiary/aromatic N) is 3. The summed E-state index contributed by atoms with van der Waals surface area (Å²) in [5, 5.41) is 24.0. The maximum atomic E-state index is 11.5. The van der Waals surface area contributed by atoms with Crippen molar-refractivity contribution in [1.82, 2.24) is 14.7 Å². The molecule has 0 spiro atoms. The van der Waals surface area contributed by atoms with E-state index in [0.717, 1.165) is 22.7 Å². The van der Waals surface area contributed by atoms with Crippen LogP contribution in [0.15, 0.2) is 71.4 Å². The van der Waals surface area contributed by atoms with Crippen molar-refractivity contribution in [2.75, 3.05) is 12.4 Å². The van der Waals surface area contributed by atoms with Gasteiger partial charge in [-0.2, -0.15) is 9.36 Å². The van der Waals surface area contributed by atoms with E-state index in [1.807, 2.05) is 48.5 Å². The number of aliphatic carboxylic acids is 2. The van der Waals surface area contributed by atoms with Crippen LogP contribution < -0.4 is 15.4 Å². The molecule has 0 saturated carbocycles. The van der Waals surface area contributed by atoms with Crippen LogP contribution in [0.3, 0.4) is 0 Å². The van der Waals surface area contributed by atoms with Gasteiger partial charge in [-0.1, -0.05) is 48.5 Å². The lowest BCUT2D eigenvalue weighted by Gasteiger charge is -2.11. The van der Waals surface area contributed by atoms with Gasteiger partial charge in [0.2, 0.25) is 11.1 Å². The van der Waals surface area contributed by atoms with Crippen LogP contribution in [0.25, 0.3) is 11.4 Å². The first-order chi connectivity index (χ1) is 15.5. The fourth-order valence-electron chi connectivity index (χ4n) is 2.59. The fourth-order valence-corrected chi connectivity index (χ4v) is 3.18. The van der Waals surface area contributed by atoms with Crippen LogP contribution in [-0.2, 0) is 16.1 Å². The number of aliphatic imine (C=N–C) groups is 1. The molecule has 1 heterocycles. The highest BCUT2D eigenvalue weighted by Crippen LogP contribution is 2.21. The van der Waals surface area contributed by atoms with Crippen LogP contribution in [0, 0.1) is 0 Å². The second kappa shape index (κ2) is 10.7. The molecule has 2 aromatic carbocycles. The average Bonchev–Trinajstić information content (AvgIpc) is 3.26. The third-order valence-electron chi connectivity index (χ3n) is 4.03. The van der Waals surface area contributed by atoms with Crippen LogP contribution in [0.5, 0.6) is 5.75 Å². The number of ether oxygens (including phenoxy) is 1. The third kappa shape index (κ3) is 6.12. The van der Waals surface area contributed by atoms with Gasteiger partial charge in [0.15, 0.2) is 5.82 Å². The van der Waals surface area contributed by atoms with Gasteiger partial charge in [-0.05, 0) is 6.07 Å². The molecule has 0 aliphatic carbocycles. The summed E-state index contributed by atoms with van der Waals surface area (Å²) in [5.41, 5.74) is 0.989. The van der Waals surface area contributed by atoms with E-state index < -0.39 is 17.6 Å². The number of benzene rings is 2. The molecule has 0 amide bonds. The largest absolute Gasteiger partial charge is 0.496 e. The molecule has 0 radical (unpaired) electrons. The van der Waals surface area contributed by atoms with Crippen LogP contribution >= 0.6 is 11.5 Å². The molecule has 32 heavy (non-hydrogen) atoms. The number of anilines is 1. The van der Waals surface area contributed by atoms with E-state index >= 15 is 0 Å². The highest BCUT2D eigenvalue weighted by molar-refractivity contribution is 7.10. The minimum Gasteiger partial charge on any atom is -0.496 e. The lowest BCUT2D eigenvalue weighted by Crippen LogP contribution is -2.33. The molecule has 0 unspecified atom stereocenters. The molecule has 0 aliphatic rings. The van der Waals surface area contributed by atoms with Crippen LogP contribution in [0.1, 0.15) is 5.56 Å². The standard InChI is InChI=1S/C21H19N5O5S/c1-31-16-10-6-5-9-14(16)12-22-20(23-15(19(29)30)11-17(27)28)25-21-24-18(26-32-21)13-7-3-2-4-8-13/h2-11H,12H2,1H3,(H,27,28)(H,29,30)(H2,22,23,24,25,26)/b15-11-. The van der Waals surface area contributed by atoms with Crippen molar-refractivity contribution in [3.05, 3.63) is 71.9 Å².